The van der Waals surface area contributed by atoms with E-state index in [-0.39, 0.29) is 5.82 Å². The summed E-state index contributed by atoms with van der Waals surface area (Å²) in [5.41, 5.74) is 2.00. The van der Waals surface area contributed by atoms with Gasteiger partial charge in [0.2, 0.25) is 0 Å². The maximum atomic E-state index is 10.7. The first-order chi connectivity index (χ1) is 12.1. The fourth-order valence-electron chi connectivity index (χ4n) is 2.16. The minimum Gasteiger partial charge on any atom is -0.493 e. The van der Waals surface area contributed by atoms with Crippen LogP contribution in [0.5, 0.6) is 11.5 Å². The van der Waals surface area contributed by atoms with Gasteiger partial charge in [-0.3, -0.25) is 10.3 Å². The van der Waals surface area contributed by atoms with E-state index in [0.29, 0.717) is 27.9 Å². The Labute approximate surface area is 147 Å². The van der Waals surface area contributed by atoms with Crippen molar-refractivity contribution in [3.8, 4) is 33.5 Å². The maximum absolute atomic E-state index is 10.7. The van der Waals surface area contributed by atoms with Gasteiger partial charge < -0.3 is 14.6 Å². The fourth-order valence-corrected chi connectivity index (χ4v) is 2.87. The van der Waals surface area contributed by atoms with Crippen LogP contribution < -0.4 is 14.8 Å². The summed E-state index contributed by atoms with van der Waals surface area (Å²) in [6.45, 7) is 0. The van der Waals surface area contributed by atoms with Crippen LogP contribution in [0.4, 0.5) is 10.6 Å². The molecule has 0 aliphatic carbocycles. The van der Waals surface area contributed by atoms with Crippen LogP contribution in [0.1, 0.15) is 0 Å². The average molecular weight is 358 g/mol. The van der Waals surface area contributed by atoms with Crippen molar-refractivity contribution >= 4 is 23.2 Å². The highest BCUT2D eigenvalue weighted by atomic mass is 32.1. The minimum absolute atomic E-state index is 0.255. The Morgan fingerprint density at radius 1 is 1.12 bits per heavy atom. The van der Waals surface area contributed by atoms with E-state index in [1.54, 1.807) is 38.1 Å². The number of nitrogens with one attached hydrogen (secondary N) is 1. The zero-order chi connectivity index (χ0) is 17.8. The van der Waals surface area contributed by atoms with Crippen molar-refractivity contribution in [2.24, 2.45) is 0 Å². The number of methoxy groups -OCH3 is 2. The fraction of sp³-hybridized carbons (Fsp3) is 0.125. The number of carbonyl (C=O) groups is 1. The summed E-state index contributed by atoms with van der Waals surface area (Å²) in [4.78, 5) is 23.6. The highest BCUT2D eigenvalue weighted by Gasteiger charge is 2.12. The van der Waals surface area contributed by atoms with E-state index in [0.717, 1.165) is 5.56 Å². The van der Waals surface area contributed by atoms with Gasteiger partial charge in [0.15, 0.2) is 11.5 Å². The number of ether oxygens (including phenoxy) is 2. The minimum atomic E-state index is -1.16. The first-order valence-corrected chi connectivity index (χ1v) is 7.99. The van der Waals surface area contributed by atoms with Crippen LogP contribution in [0.25, 0.3) is 22.0 Å². The Kier molecular flexibility index (Phi) is 4.75. The van der Waals surface area contributed by atoms with Gasteiger partial charge in [-0.2, -0.15) is 0 Å². The molecule has 8 nitrogen and oxygen atoms in total. The van der Waals surface area contributed by atoms with E-state index in [2.05, 4.69) is 20.3 Å². The molecule has 9 heteroatoms. The number of amides is 1. The van der Waals surface area contributed by atoms with Crippen molar-refractivity contribution in [3.63, 3.8) is 0 Å². The second kappa shape index (κ2) is 7.14. The molecular weight excluding hydrogens is 344 g/mol. The van der Waals surface area contributed by atoms with Crippen LogP contribution in [0.2, 0.25) is 0 Å². The van der Waals surface area contributed by atoms with Crippen molar-refractivity contribution < 1.29 is 19.4 Å². The van der Waals surface area contributed by atoms with Crippen LogP contribution in [-0.2, 0) is 0 Å². The Hall–Kier alpha value is -3.20. The molecule has 0 aliphatic rings. The summed E-state index contributed by atoms with van der Waals surface area (Å²) in [5.74, 6) is 1.47. The van der Waals surface area contributed by atoms with E-state index < -0.39 is 6.09 Å². The molecule has 0 saturated heterocycles. The molecule has 0 spiro atoms. The summed E-state index contributed by atoms with van der Waals surface area (Å²) >= 11 is 1.28. The number of hydrogen-bond acceptors (Lipinski definition) is 7. The van der Waals surface area contributed by atoms with Gasteiger partial charge in [-0.25, -0.2) is 14.8 Å². The van der Waals surface area contributed by atoms with Crippen molar-refractivity contribution in [3.05, 3.63) is 36.0 Å². The number of rotatable bonds is 5. The molecule has 1 amide bonds. The van der Waals surface area contributed by atoms with Gasteiger partial charge in [-0.1, -0.05) is 0 Å². The lowest BCUT2D eigenvalue weighted by Crippen LogP contribution is -2.07. The molecule has 0 aliphatic heterocycles. The zero-order valence-corrected chi connectivity index (χ0v) is 14.2. The molecule has 2 heterocycles. The molecule has 128 valence electrons. The summed E-state index contributed by atoms with van der Waals surface area (Å²) in [5, 5.41) is 13.1. The van der Waals surface area contributed by atoms with Crippen LogP contribution in [-0.4, -0.2) is 40.4 Å². The van der Waals surface area contributed by atoms with Crippen molar-refractivity contribution in [2.75, 3.05) is 19.5 Å². The summed E-state index contributed by atoms with van der Waals surface area (Å²) in [7, 11) is 3.14. The van der Waals surface area contributed by atoms with Gasteiger partial charge in [0.25, 0.3) is 0 Å². The number of aromatic nitrogens is 3. The lowest BCUT2D eigenvalue weighted by Gasteiger charge is -2.09. The Morgan fingerprint density at radius 3 is 2.60 bits per heavy atom. The molecule has 3 rings (SSSR count). The van der Waals surface area contributed by atoms with Crippen LogP contribution in [0.15, 0.2) is 36.0 Å². The predicted molar refractivity (Wildman–Crippen MR) is 93.3 cm³/mol. The summed E-state index contributed by atoms with van der Waals surface area (Å²) in [6, 6.07) is 5.46. The number of anilines is 1. The molecule has 0 bridgehead atoms. The lowest BCUT2D eigenvalue weighted by atomic mass is 10.1. The van der Waals surface area contributed by atoms with E-state index >= 15 is 0 Å². The second-order valence-corrected chi connectivity index (χ2v) is 5.69. The van der Waals surface area contributed by atoms with Crippen LogP contribution in [0, 0.1) is 0 Å². The van der Waals surface area contributed by atoms with E-state index in [1.807, 2.05) is 12.1 Å². The first-order valence-electron chi connectivity index (χ1n) is 7.11. The van der Waals surface area contributed by atoms with Crippen molar-refractivity contribution in [2.45, 2.75) is 0 Å². The molecule has 25 heavy (non-hydrogen) atoms. The van der Waals surface area contributed by atoms with Gasteiger partial charge in [0.1, 0.15) is 16.5 Å². The third-order valence-corrected chi connectivity index (χ3v) is 4.14. The maximum Gasteiger partial charge on any atom is 0.410 e. The normalized spacial score (nSPS) is 10.3. The molecular formula is C16H14N4O4S. The number of benzene rings is 1. The van der Waals surface area contributed by atoms with Gasteiger partial charge in [0.05, 0.1) is 32.3 Å². The Bertz CT molecular complexity index is 913. The van der Waals surface area contributed by atoms with Gasteiger partial charge in [0, 0.05) is 10.9 Å². The van der Waals surface area contributed by atoms with E-state index in [9.17, 15) is 4.79 Å². The summed E-state index contributed by atoms with van der Waals surface area (Å²) in [6.07, 6.45) is 2.05. The smallest absolute Gasteiger partial charge is 0.410 e. The number of hydrogen-bond donors (Lipinski definition) is 2. The van der Waals surface area contributed by atoms with Crippen molar-refractivity contribution in [1.29, 1.82) is 0 Å². The second-order valence-electron chi connectivity index (χ2n) is 4.83. The molecule has 2 N–H and O–H groups in total. The third-order valence-electron chi connectivity index (χ3n) is 3.27. The Balaban J connectivity index is 1.94. The zero-order valence-electron chi connectivity index (χ0n) is 13.4. The molecule has 0 unspecified atom stereocenters. The molecule has 0 atom stereocenters. The van der Waals surface area contributed by atoms with Crippen LogP contribution >= 0.6 is 11.3 Å². The third kappa shape index (κ3) is 3.66. The highest BCUT2D eigenvalue weighted by molar-refractivity contribution is 7.13. The van der Waals surface area contributed by atoms with Gasteiger partial charge in [-0.05, 0) is 18.2 Å². The SMILES string of the molecule is COc1ccc(-c2cncc(-c3nc(NC(=O)O)cs3)n2)cc1OC. The topological polar surface area (TPSA) is 106 Å². The quantitative estimate of drug-likeness (QED) is 0.720. The molecule has 0 saturated carbocycles. The van der Waals surface area contributed by atoms with E-state index in [4.69, 9.17) is 14.6 Å². The monoisotopic (exact) mass is 358 g/mol. The molecule has 3 aromatic rings. The van der Waals surface area contributed by atoms with Crippen molar-refractivity contribution in [1.82, 2.24) is 15.0 Å². The summed E-state index contributed by atoms with van der Waals surface area (Å²) < 4.78 is 10.5. The Morgan fingerprint density at radius 2 is 1.88 bits per heavy atom. The molecule has 0 fully saturated rings. The predicted octanol–water partition coefficient (Wildman–Crippen LogP) is 3.37. The molecule has 1 aromatic carbocycles. The van der Waals surface area contributed by atoms with E-state index in [1.165, 1.54) is 11.3 Å². The number of nitrogens with zero attached hydrogens (tertiary/aromatic N) is 3. The number of carboxylic acid groups (broad SMARTS) is 1. The number of thiazole rings is 1. The highest BCUT2D eigenvalue weighted by Crippen LogP contribution is 2.32. The molecule has 0 radical (unpaired) electrons. The average Bonchev–Trinajstić information content (AvgIpc) is 3.09. The van der Waals surface area contributed by atoms with Crippen LogP contribution in [0.3, 0.4) is 0 Å². The van der Waals surface area contributed by atoms with Gasteiger partial charge >= 0.3 is 6.09 Å². The molecule has 2 aromatic heterocycles. The van der Waals surface area contributed by atoms with Gasteiger partial charge in [-0.15, -0.1) is 11.3 Å². The standard InChI is InChI=1S/C16H14N4O4S/c1-23-12-4-3-9(5-13(12)24-2)10-6-17-7-11(18-10)15-19-14(8-25-15)20-16(21)22/h3-8,20H,1-2H3,(H,21,22). The lowest BCUT2D eigenvalue weighted by molar-refractivity contribution is 0.209. The largest absolute Gasteiger partial charge is 0.493 e. The first kappa shape index (κ1) is 16.7.